The molecule has 3 rings (SSSR count). The first kappa shape index (κ1) is 19.5. The number of hydrogen-bond donors (Lipinski definition) is 1. The van der Waals surface area contributed by atoms with E-state index in [1.807, 2.05) is 42.5 Å². The molecule has 0 aromatic heterocycles. The van der Waals surface area contributed by atoms with Gasteiger partial charge in [0.15, 0.2) is 0 Å². The first-order chi connectivity index (χ1) is 13.7. The van der Waals surface area contributed by atoms with Crippen molar-refractivity contribution in [3.8, 4) is 11.5 Å². The Balaban J connectivity index is 1.59. The zero-order valence-corrected chi connectivity index (χ0v) is 15.9. The van der Waals surface area contributed by atoms with Crippen LogP contribution in [0, 0.1) is 0 Å². The zero-order valence-electron chi connectivity index (χ0n) is 15.9. The van der Waals surface area contributed by atoms with E-state index in [1.54, 1.807) is 31.4 Å². The largest absolute Gasteiger partial charge is 0.497 e. The van der Waals surface area contributed by atoms with E-state index >= 15 is 0 Å². The average Bonchev–Trinajstić information content (AvgIpc) is 2.74. The van der Waals surface area contributed by atoms with Crippen LogP contribution < -0.4 is 9.47 Å². The van der Waals surface area contributed by atoms with Crippen molar-refractivity contribution < 1.29 is 19.4 Å². The van der Waals surface area contributed by atoms with E-state index < -0.39 is 11.9 Å². The number of benzene rings is 3. The van der Waals surface area contributed by atoms with E-state index in [4.69, 9.17) is 9.47 Å². The molecule has 3 aromatic carbocycles. The second-order valence-corrected chi connectivity index (χ2v) is 6.60. The molecule has 0 aliphatic rings. The number of aliphatic carboxylic acids is 1. The third-order valence-electron chi connectivity index (χ3n) is 4.68. The molecular weight excluding hydrogens is 352 g/mol. The molecule has 0 bridgehead atoms. The van der Waals surface area contributed by atoms with Gasteiger partial charge in [-0.2, -0.15) is 0 Å². The van der Waals surface area contributed by atoms with Crippen molar-refractivity contribution in [3.05, 3.63) is 95.6 Å². The van der Waals surface area contributed by atoms with Gasteiger partial charge in [-0.15, -0.1) is 0 Å². The Hall–Kier alpha value is -3.27. The van der Waals surface area contributed by atoms with Gasteiger partial charge in [-0.25, -0.2) is 0 Å². The molecule has 0 spiro atoms. The number of carboxylic acid groups (broad SMARTS) is 1. The molecular formula is C24H24O4. The topological polar surface area (TPSA) is 55.8 Å². The molecule has 1 unspecified atom stereocenters. The van der Waals surface area contributed by atoms with Crippen molar-refractivity contribution in [1.82, 2.24) is 0 Å². The van der Waals surface area contributed by atoms with Gasteiger partial charge in [0, 0.05) is 6.42 Å². The lowest BCUT2D eigenvalue weighted by Gasteiger charge is -2.14. The van der Waals surface area contributed by atoms with Crippen LogP contribution in [0.4, 0.5) is 0 Å². The SMILES string of the molecule is COc1ccc(C(Cc2ccc(OCCc3ccccc3)cc2)C(=O)O)cc1. The molecule has 0 saturated carbocycles. The smallest absolute Gasteiger partial charge is 0.311 e. The maximum absolute atomic E-state index is 11.7. The summed E-state index contributed by atoms with van der Waals surface area (Å²) in [4.78, 5) is 11.7. The highest BCUT2D eigenvalue weighted by molar-refractivity contribution is 5.76. The molecule has 0 radical (unpaired) electrons. The van der Waals surface area contributed by atoms with Crippen molar-refractivity contribution in [3.63, 3.8) is 0 Å². The van der Waals surface area contributed by atoms with Gasteiger partial charge in [-0.3, -0.25) is 4.79 Å². The van der Waals surface area contributed by atoms with Gasteiger partial charge in [-0.05, 0) is 47.4 Å². The van der Waals surface area contributed by atoms with Gasteiger partial charge in [0.05, 0.1) is 19.6 Å². The number of carboxylic acids is 1. The monoisotopic (exact) mass is 376 g/mol. The fraction of sp³-hybridized carbons (Fsp3) is 0.208. The summed E-state index contributed by atoms with van der Waals surface area (Å²) in [6.07, 6.45) is 1.27. The molecule has 0 aliphatic carbocycles. The summed E-state index contributed by atoms with van der Waals surface area (Å²) >= 11 is 0. The molecule has 3 aromatic rings. The molecule has 0 heterocycles. The summed E-state index contributed by atoms with van der Waals surface area (Å²) in [6.45, 7) is 0.604. The summed E-state index contributed by atoms with van der Waals surface area (Å²) in [6, 6.07) is 25.0. The molecule has 4 nitrogen and oxygen atoms in total. The predicted molar refractivity (Wildman–Crippen MR) is 109 cm³/mol. The van der Waals surface area contributed by atoms with Crippen molar-refractivity contribution in [2.75, 3.05) is 13.7 Å². The van der Waals surface area contributed by atoms with Gasteiger partial charge >= 0.3 is 5.97 Å². The van der Waals surface area contributed by atoms with Crippen molar-refractivity contribution >= 4 is 5.97 Å². The number of carbonyl (C=O) groups is 1. The van der Waals surface area contributed by atoms with Gasteiger partial charge < -0.3 is 14.6 Å². The van der Waals surface area contributed by atoms with E-state index in [0.29, 0.717) is 18.8 Å². The van der Waals surface area contributed by atoms with Crippen LogP contribution >= 0.6 is 0 Å². The van der Waals surface area contributed by atoms with Crippen LogP contribution in [0.1, 0.15) is 22.6 Å². The summed E-state index contributed by atoms with van der Waals surface area (Å²) in [5.41, 5.74) is 2.96. The number of methoxy groups -OCH3 is 1. The summed E-state index contributed by atoms with van der Waals surface area (Å²) in [5.74, 6) is 0.0602. The first-order valence-corrected chi connectivity index (χ1v) is 9.28. The van der Waals surface area contributed by atoms with Crippen molar-refractivity contribution in [2.45, 2.75) is 18.8 Å². The Morgan fingerprint density at radius 2 is 1.50 bits per heavy atom. The molecule has 0 aliphatic heterocycles. The van der Waals surface area contributed by atoms with E-state index in [9.17, 15) is 9.90 Å². The van der Waals surface area contributed by atoms with E-state index in [2.05, 4.69) is 12.1 Å². The highest BCUT2D eigenvalue weighted by atomic mass is 16.5. The average molecular weight is 376 g/mol. The lowest BCUT2D eigenvalue weighted by atomic mass is 9.92. The Morgan fingerprint density at radius 3 is 2.11 bits per heavy atom. The van der Waals surface area contributed by atoms with Crippen LogP contribution in [0.25, 0.3) is 0 Å². The number of ether oxygens (including phenoxy) is 2. The third-order valence-corrected chi connectivity index (χ3v) is 4.68. The number of rotatable bonds is 9. The fourth-order valence-electron chi connectivity index (χ4n) is 3.07. The third kappa shape index (κ3) is 5.36. The maximum Gasteiger partial charge on any atom is 0.311 e. The molecule has 1 atom stereocenters. The minimum Gasteiger partial charge on any atom is -0.497 e. The Bertz CT molecular complexity index is 871. The molecule has 0 saturated heterocycles. The van der Waals surface area contributed by atoms with Gasteiger partial charge in [0.2, 0.25) is 0 Å². The van der Waals surface area contributed by atoms with Crippen molar-refractivity contribution in [1.29, 1.82) is 0 Å². The normalized spacial score (nSPS) is 11.6. The summed E-state index contributed by atoms with van der Waals surface area (Å²) in [5, 5.41) is 9.64. The Labute approximate surface area is 165 Å². The van der Waals surface area contributed by atoms with Gasteiger partial charge in [-0.1, -0.05) is 54.6 Å². The molecule has 4 heteroatoms. The van der Waals surface area contributed by atoms with Gasteiger partial charge in [0.1, 0.15) is 11.5 Å². The van der Waals surface area contributed by atoms with E-state index in [-0.39, 0.29) is 0 Å². The predicted octanol–water partition coefficient (Wildman–Crippen LogP) is 4.73. The summed E-state index contributed by atoms with van der Waals surface area (Å²) < 4.78 is 10.9. The zero-order chi connectivity index (χ0) is 19.8. The quantitative estimate of drug-likeness (QED) is 0.587. The first-order valence-electron chi connectivity index (χ1n) is 9.28. The van der Waals surface area contributed by atoms with Crippen LogP contribution in [0.3, 0.4) is 0 Å². The van der Waals surface area contributed by atoms with Crippen LogP contribution in [0.2, 0.25) is 0 Å². The van der Waals surface area contributed by atoms with E-state index in [1.165, 1.54) is 5.56 Å². The fourth-order valence-corrected chi connectivity index (χ4v) is 3.07. The molecule has 28 heavy (non-hydrogen) atoms. The maximum atomic E-state index is 11.7. The molecule has 144 valence electrons. The molecule has 0 amide bonds. The van der Waals surface area contributed by atoms with Gasteiger partial charge in [0.25, 0.3) is 0 Å². The van der Waals surface area contributed by atoms with Crippen LogP contribution in [-0.4, -0.2) is 24.8 Å². The van der Waals surface area contributed by atoms with Crippen LogP contribution in [0.15, 0.2) is 78.9 Å². The minimum absolute atomic E-state index is 0.423. The van der Waals surface area contributed by atoms with Crippen LogP contribution in [0.5, 0.6) is 11.5 Å². The molecule has 0 fully saturated rings. The second-order valence-electron chi connectivity index (χ2n) is 6.60. The highest BCUT2D eigenvalue weighted by Crippen LogP contribution is 2.25. The Morgan fingerprint density at radius 1 is 0.857 bits per heavy atom. The lowest BCUT2D eigenvalue weighted by molar-refractivity contribution is -0.138. The summed E-state index contributed by atoms with van der Waals surface area (Å²) in [7, 11) is 1.59. The van der Waals surface area contributed by atoms with Crippen molar-refractivity contribution in [2.24, 2.45) is 0 Å². The lowest BCUT2D eigenvalue weighted by Crippen LogP contribution is -2.14. The Kier molecular flexibility index (Phi) is 6.68. The van der Waals surface area contributed by atoms with E-state index in [0.717, 1.165) is 23.3 Å². The van der Waals surface area contributed by atoms with Crippen LogP contribution in [-0.2, 0) is 17.6 Å². The number of hydrogen-bond acceptors (Lipinski definition) is 3. The standard InChI is InChI=1S/C24H24O4/c1-27-21-13-9-20(10-14-21)23(24(25)26)17-19-7-11-22(12-8-19)28-16-15-18-5-3-2-4-6-18/h2-14,23H,15-17H2,1H3,(H,25,26). The second kappa shape index (κ2) is 9.60. The highest BCUT2D eigenvalue weighted by Gasteiger charge is 2.20. The minimum atomic E-state index is -0.839. The molecule has 1 N–H and O–H groups in total.